The minimum Gasteiger partial charge on any atom is -0.454 e. The average molecular weight is 294 g/mol. The van der Waals surface area contributed by atoms with Crippen molar-refractivity contribution in [3.05, 3.63) is 23.8 Å². The lowest BCUT2D eigenvalue weighted by Gasteiger charge is -2.07. The predicted molar refractivity (Wildman–Crippen MR) is 82.4 cm³/mol. The molecule has 1 aliphatic heterocycles. The minimum atomic E-state index is -0.395. The number of nitrogens with one attached hydrogen (secondary N) is 2. The maximum absolute atomic E-state index is 9.05. The normalized spacial score (nSPS) is 14.4. The Morgan fingerprint density at radius 1 is 1.10 bits per heavy atom. The fourth-order valence-corrected chi connectivity index (χ4v) is 2.32. The van der Waals surface area contributed by atoms with Crippen LogP contribution >= 0.6 is 0 Å². The van der Waals surface area contributed by atoms with E-state index < -0.39 is 6.23 Å². The van der Waals surface area contributed by atoms with E-state index in [0.29, 0.717) is 6.79 Å². The summed E-state index contributed by atoms with van der Waals surface area (Å²) in [4.78, 5) is 0. The van der Waals surface area contributed by atoms with Crippen LogP contribution in [0.15, 0.2) is 18.2 Å². The number of benzene rings is 1. The first-order chi connectivity index (χ1) is 10.3. The van der Waals surface area contributed by atoms with Gasteiger partial charge in [-0.2, -0.15) is 0 Å². The maximum Gasteiger partial charge on any atom is 0.231 e. The van der Waals surface area contributed by atoms with Crippen LogP contribution in [-0.2, 0) is 6.54 Å². The molecule has 1 atom stereocenters. The summed E-state index contributed by atoms with van der Waals surface area (Å²) in [7, 11) is 0. The average Bonchev–Trinajstić information content (AvgIpc) is 2.92. The van der Waals surface area contributed by atoms with Crippen molar-refractivity contribution >= 4 is 0 Å². The summed E-state index contributed by atoms with van der Waals surface area (Å²) < 4.78 is 10.7. The molecule has 1 aromatic rings. The van der Waals surface area contributed by atoms with Crippen LogP contribution in [0, 0.1) is 0 Å². The van der Waals surface area contributed by atoms with Crippen molar-refractivity contribution in [3.63, 3.8) is 0 Å². The lowest BCUT2D eigenvalue weighted by atomic mass is 10.1. The quantitative estimate of drug-likeness (QED) is 0.455. The summed E-state index contributed by atoms with van der Waals surface area (Å²) in [5.41, 5.74) is 1.22. The number of hydrogen-bond donors (Lipinski definition) is 3. The van der Waals surface area contributed by atoms with Gasteiger partial charge in [0, 0.05) is 6.54 Å². The van der Waals surface area contributed by atoms with Gasteiger partial charge in [0.25, 0.3) is 0 Å². The van der Waals surface area contributed by atoms with E-state index >= 15 is 0 Å². The van der Waals surface area contributed by atoms with Crippen molar-refractivity contribution in [2.75, 3.05) is 19.9 Å². The molecule has 1 unspecified atom stereocenters. The molecule has 21 heavy (non-hydrogen) atoms. The van der Waals surface area contributed by atoms with Crippen LogP contribution in [0.1, 0.15) is 38.2 Å². The molecule has 0 radical (unpaired) electrons. The van der Waals surface area contributed by atoms with E-state index in [-0.39, 0.29) is 0 Å². The zero-order chi connectivity index (χ0) is 14.9. The molecular weight excluding hydrogens is 268 g/mol. The van der Waals surface area contributed by atoms with Gasteiger partial charge in [0.1, 0.15) is 6.23 Å². The number of aliphatic hydroxyl groups excluding tert-OH is 1. The molecule has 2 rings (SSSR count). The number of ether oxygens (including phenoxy) is 2. The summed E-state index contributed by atoms with van der Waals surface area (Å²) in [6.07, 6.45) is 4.32. The predicted octanol–water partition coefficient (Wildman–Crippen LogP) is 1.99. The van der Waals surface area contributed by atoms with E-state index in [1.54, 1.807) is 6.92 Å². The fraction of sp³-hybridized carbons (Fsp3) is 0.625. The van der Waals surface area contributed by atoms with Crippen molar-refractivity contribution in [1.29, 1.82) is 0 Å². The van der Waals surface area contributed by atoms with Gasteiger partial charge < -0.3 is 19.9 Å². The van der Waals surface area contributed by atoms with E-state index in [2.05, 4.69) is 16.7 Å². The van der Waals surface area contributed by atoms with Crippen LogP contribution in [0.5, 0.6) is 11.5 Å². The van der Waals surface area contributed by atoms with E-state index in [1.165, 1.54) is 24.8 Å². The molecule has 0 fully saturated rings. The molecule has 0 saturated heterocycles. The Labute approximate surface area is 126 Å². The van der Waals surface area contributed by atoms with Gasteiger partial charge in [0.05, 0.1) is 0 Å². The number of hydrogen-bond acceptors (Lipinski definition) is 5. The maximum atomic E-state index is 9.05. The van der Waals surface area contributed by atoms with E-state index in [4.69, 9.17) is 14.6 Å². The van der Waals surface area contributed by atoms with Crippen LogP contribution < -0.4 is 20.1 Å². The molecule has 0 aliphatic carbocycles. The highest BCUT2D eigenvalue weighted by atomic mass is 16.7. The molecule has 118 valence electrons. The molecule has 0 bridgehead atoms. The third-order valence-electron chi connectivity index (χ3n) is 3.49. The van der Waals surface area contributed by atoms with Crippen LogP contribution in [0.2, 0.25) is 0 Å². The van der Waals surface area contributed by atoms with Gasteiger partial charge in [0.15, 0.2) is 11.5 Å². The molecule has 5 nitrogen and oxygen atoms in total. The van der Waals surface area contributed by atoms with E-state index in [1.807, 2.05) is 12.1 Å². The van der Waals surface area contributed by atoms with Gasteiger partial charge in [-0.1, -0.05) is 18.9 Å². The monoisotopic (exact) mass is 294 g/mol. The Bertz CT molecular complexity index is 424. The Hall–Kier alpha value is -1.30. The Kier molecular flexibility index (Phi) is 6.79. The second kappa shape index (κ2) is 8.87. The molecule has 0 spiro atoms. The Morgan fingerprint density at radius 2 is 1.86 bits per heavy atom. The van der Waals surface area contributed by atoms with Gasteiger partial charge in [0.2, 0.25) is 6.79 Å². The van der Waals surface area contributed by atoms with Gasteiger partial charge in [-0.3, -0.25) is 5.32 Å². The van der Waals surface area contributed by atoms with E-state index in [9.17, 15) is 0 Å². The summed E-state index contributed by atoms with van der Waals surface area (Å²) in [5, 5.41) is 15.5. The second-order valence-corrected chi connectivity index (χ2v) is 5.41. The molecule has 0 amide bonds. The zero-order valence-corrected chi connectivity index (χ0v) is 12.7. The lowest BCUT2D eigenvalue weighted by Crippen LogP contribution is -2.26. The first-order valence-electron chi connectivity index (χ1n) is 7.76. The third kappa shape index (κ3) is 5.91. The van der Waals surface area contributed by atoms with Crippen molar-refractivity contribution in [2.24, 2.45) is 0 Å². The molecule has 1 aliphatic rings. The van der Waals surface area contributed by atoms with Crippen molar-refractivity contribution < 1.29 is 14.6 Å². The van der Waals surface area contributed by atoms with Crippen LogP contribution in [-0.4, -0.2) is 31.2 Å². The van der Waals surface area contributed by atoms with Crippen molar-refractivity contribution in [2.45, 2.75) is 45.4 Å². The molecule has 1 aromatic carbocycles. The summed E-state index contributed by atoms with van der Waals surface area (Å²) in [6.45, 7) is 4.86. The molecule has 1 heterocycles. The zero-order valence-electron chi connectivity index (χ0n) is 12.7. The van der Waals surface area contributed by atoms with Gasteiger partial charge in [-0.05, 0) is 50.6 Å². The van der Waals surface area contributed by atoms with Crippen LogP contribution in [0.4, 0.5) is 0 Å². The molecular formula is C16H26N2O3. The minimum absolute atomic E-state index is 0.329. The summed E-state index contributed by atoms with van der Waals surface area (Å²) in [5.74, 6) is 1.68. The fourth-order valence-electron chi connectivity index (χ4n) is 2.32. The lowest BCUT2D eigenvalue weighted by molar-refractivity contribution is 0.156. The molecule has 5 heteroatoms. The van der Waals surface area contributed by atoms with Gasteiger partial charge in [-0.15, -0.1) is 0 Å². The molecule has 0 saturated carbocycles. The first kappa shape index (κ1) is 16.1. The third-order valence-corrected chi connectivity index (χ3v) is 3.49. The highest BCUT2D eigenvalue weighted by molar-refractivity contribution is 5.44. The molecule has 0 aromatic heterocycles. The van der Waals surface area contributed by atoms with E-state index in [0.717, 1.165) is 37.6 Å². The number of aliphatic hydroxyl groups is 1. The molecule has 3 N–H and O–H groups in total. The highest BCUT2D eigenvalue weighted by Gasteiger charge is 2.12. The van der Waals surface area contributed by atoms with Crippen LogP contribution in [0.25, 0.3) is 0 Å². The second-order valence-electron chi connectivity index (χ2n) is 5.41. The van der Waals surface area contributed by atoms with Crippen LogP contribution in [0.3, 0.4) is 0 Å². The Morgan fingerprint density at radius 3 is 2.67 bits per heavy atom. The topological polar surface area (TPSA) is 62.8 Å². The highest BCUT2D eigenvalue weighted by Crippen LogP contribution is 2.32. The largest absolute Gasteiger partial charge is 0.454 e. The smallest absolute Gasteiger partial charge is 0.231 e. The van der Waals surface area contributed by atoms with Gasteiger partial charge >= 0.3 is 0 Å². The summed E-state index contributed by atoms with van der Waals surface area (Å²) in [6, 6.07) is 6.08. The number of fused-ring (bicyclic) bond motifs is 1. The summed E-state index contributed by atoms with van der Waals surface area (Å²) >= 11 is 0. The Balaban J connectivity index is 1.48. The number of unbranched alkanes of at least 4 members (excludes halogenated alkanes) is 3. The van der Waals surface area contributed by atoms with Gasteiger partial charge in [-0.25, -0.2) is 0 Å². The SMILES string of the molecule is CC(O)NCCCCCCNCc1ccc2c(c1)OCO2. The van der Waals surface area contributed by atoms with Crippen molar-refractivity contribution in [1.82, 2.24) is 10.6 Å². The van der Waals surface area contributed by atoms with Crippen molar-refractivity contribution in [3.8, 4) is 11.5 Å². The first-order valence-corrected chi connectivity index (χ1v) is 7.76. The standard InChI is InChI=1S/C16H26N2O3/c1-13(19)18-9-5-3-2-4-8-17-11-14-6-7-15-16(10-14)21-12-20-15/h6-7,10,13,17-19H,2-5,8-9,11-12H2,1H3. The number of rotatable bonds is 10.